The van der Waals surface area contributed by atoms with Crippen molar-refractivity contribution in [1.82, 2.24) is 15.2 Å². The first-order valence-corrected chi connectivity index (χ1v) is 8.24. The molecule has 1 aliphatic heterocycles. The summed E-state index contributed by atoms with van der Waals surface area (Å²) in [6, 6.07) is 4.82. The Bertz CT molecular complexity index is 873. The van der Waals surface area contributed by atoms with Crippen molar-refractivity contribution in [3.05, 3.63) is 56.9 Å². The van der Waals surface area contributed by atoms with Gasteiger partial charge in [-0.1, -0.05) is 11.6 Å². The zero-order chi connectivity index (χ0) is 18.1. The third-order valence-electron chi connectivity index (χ3n) is 4.23. The van der Waals surface area contributed by atoms with Crippen LogP contribution < -0.4 is 10.9 Å². The Morgan fingerprint density at radius 2 is 2.12 bits per heavy atom. The number of aromatic amines is 1. The molecule has 2 aromatic heterocycles. The molecule has 132 valence electrons. The van der Waals surface area contributed by atoms with Gasteiger partial charge in [0.15, 0.2) is 0 Å². The van der Waals surface area contributed by atoms with Crippen molar-refractivity contribution in [1.29, 1.82) is 0 Å². The van der Waals surface area contributed by atoms with Crippen molar-refractivity contribution < 1.29 is 14.0 Å². The van der Waals surface area contributed by atoms with Gasteiger partial charge in [-0.3, -0.25) is 14.4 Å². The lowest BCUT2D eigenvalue weighted by Crippen LogP contribution is -2.39. The molecule has 1 fully saturated rings. The molecule has 2 N–H and O–H groups in total. The summed E-state index contributed by atoms with van der Waals surface area (Å²) in [5, 5.41) is 2.84. The minimum Gasteiger partial charge on any atom is -0.466 e. The highest BCUT2D eigenvalue weighted by Gasteiger charge is 2.38. The van der Waals surface area contributed by atoms with Crippen LogP contribution in [0.2, 0.25) is 5.02 Å². The molecule has 1 aliphatic rings. The van der Waals surface area contributed by atoms with E-state index in [9.17, 15) is 14.4 Å². The third-order valence-corrected chi connectivity index (χ3v) is 4.51. The first-order valence-electron chi connectivity index (χ1n) is 7.86. The normalized spacial score (nSPS) is 19.9. The van der Waals surface area contributed by atoms with Crippen LogP contribution in [0.5, 0.6) is 0 Å². The predicted molar refractivity (Wildman–Crippen MR) is 91.8 cm³/mol. The number of halogens is 1. The van der Waals surface area contributed by atoms with E-state index >= 15 is 0 Å². The van der Waals surface area contributed by atoms with E-state index in [-0.39, 0.29) is 28.8 Å². The first-order chi connectivity index (χ1) is 11.8. The van der Waals surface area contributed by atoms with E-state index in [1.54, 1.807) is 4.90 Å². The van der Waals surface area contributed by atoms with Gasteiger partial charge in [-0.15, -0.1) is 0 Å². The molecule has 0 saturated carbocycles. The van der Waals surface area contributed by atoms with Gasteiger partial charge < -0.3 is 19.6 Å². The number of H-pyrrole nitrogens is 1. The zero-order valence-electron chi connectivity index (χ0n) is 13.8. The summed E-state index contributed by atoms with van der Waals surface area (Å²) in [6.07, 6.45) is 1.34. The number of aryl methyl sites for hydroxylation is 1. The Balaban J connectivity index is 1.85. The summed E-state index contributed by atoms with van der Waals surface area (Å²) >= 11 is 5.80. The molecule has 0 radical (unpaired) electrons. The first kappa shape index (κ1) is 17.3. The lowest BCUT2D eigenvalue weighted by molar-refractivity contribution is -0.119. The van der Waals surface area contributed by atoms with E-state index in [0.717, 1.165) is 11.5 Å². The van der Waals surface area contributed by atoms with Gasteiger partial charge in [0.2, 0.25) is 5.91 Å². The number of hydrogen-bond donors (Lipinski definition) is 2. The van der Waals surface area contributed by atoms with Gasteiger partial charge in [-0.25, -0.2) is 0 Å². The smallest absolute Gasteiger partial charge is 0.266 e. The Labute approximate surface area is 149 Å². The molecule has 1 saturated heterocycles. The summed E-state index contributed by atoms with van der Waals surface area (Å²) in [5.74, 6) is 0.929. The van der Waals surface area contributed by atoms with E-state index < -0.39 is 5.56 Å². The van der Waals surface area contributed by atoms with Crippen molar-refractivity contribution in [3.8, 4) is 0 Å². The number of nitrogens with zero attached hydrogens (tertiary/aromatic N) is 1. The van der Waals surface area contributed by atoms with Crippen LogP contribution >= 0.6 is 11.6 Å². The molecular formula is C17H18ClN3O4. The lowest BCUT2D eigenvalue weighted by Gasteiger charge is -2.17. The van der Waals surface area contributed by atoms with E-state index in [4.69, 9.17) is 16.0 Å². The molecular weight excluding hydrogens is 346 g/mol. The molecule has 2 aromatic rings. The van der Waals surface area contributed by atoms with Crippen LogP contribution in [0, 0.1) is 6.92 Å². The van der Waals surface area contributed by atoms with Crippen LogP contribution in [-0.2, 0) is 4.79 Å². The third kappa shape index (κ3) is 3.61. The number of aromatic nitrogens is 1. The van der Waals surface area contributed by atoms with Crippen molar-refractivity contribution in [3.63, 3.8) is 0 Å². The molecule has 2 atom stereocenters. The maximum Gasteiger partial charge on any atom is 0.266 e. The fourth-order valence-electron chi connectivity index (χ4n) is 3.08. The Morgan fingerprint density at radius 1 is 1.36 bits per heavy atom. The number of hydrogen-bond acceptors (Lipinski definition) is 4. The maximum absolute atomic E-state index is 12.7. The summed E-state index contributed by atoms with van der Waals surface area (Å²) in [4.78, 5) is 39.6. The van der Waals surface area contributed by atoms with Crippen molar-refractivity contribution in [2.24, 2.45) is 0 Å². The summed E-state index contributed by atoms with van der Waals surface area (Å²) in [7, 11) is 0. The average molecular weight is 364 g/mol. The number of amides is 2. The summed E-state index contributed by atoms with van der Waals surface area (Å²) < 4.78 is 5.69. The quantitative estimate of drug-likeness (QED) is 0.867. The van der Waals surface area contributed by atoms with E-state index in [2.05, 4.69) is 10.3 Å². The zero-order valence-corrected chi connectivity index (χ0v) is 14.6. The van der Waals surface area contributed by atoms with Gasteiger partial charge in [0.1, 0.15) is 16.5 Å². The van der Waals surface area contributed by atoms with Crippen molar-refractivity contribution in [2.75, 3.05) is 13.1 Å². The average Bonchev–Trinajstić information content (AvgIpc) is 3.15. The molecule has 2 amide bonds. The van der Waals surface area contributed by atoms with Gasteiger partial charge in [-0.2, -0.15) is 0 Å². The number of pyridine rings is 1. The maximum atomic E-state index is 12.7. The minimum atomic E-state index is -0.445. The number of rotatable bonds is 3. The highest BCUT2D eigenvalue weighted by Crippen LogP contribution is 2.30. The van der Waals surface area contributed by atoms with Gasteiger partial charge in [-0.05, 0) is 25.1 Å². The second kappa shape index (κ2) is 6.76. The Hall–Kier alpha value is -2.54. The largest absolute Gasteiger partial charge is 0.466 e. The number of likely N-dealkylation sites (tertiary alicyclic amines) is 1. The van der Waals surface area contributed by atoms with Crippen LogP contribution in [-0.4, -0.2) is 40.8 Å². The number of carbonyl (C=O) groups is 2. The Morgan fingerprint density at radius 3 is 2.72 bits per heavy atom. The number of nitrogens with one attached hydrogen (secondary N) is 2. The molecule has 0 bridgehead atoms. The number of carbonyl (C=O) groups excluding carboxylic acids is 2. The predicted octanol–water partition coefficient (Wildman–Crippen LogP) is 1.67. The molecule has 8 heteroatoms. The second-order valence-electron chi connectivity index (χ2n) is 6.14. The van der Waals surface area contributed by atoms with Gasteiger partial charge in [0.05, 0.1) is 17.5 Å². The van der Waals surface area contributed by atoms with Crippen LogP contribution in [0.25, 0.3) is 0 Å². The molecule has 0 unspecified atom stereocenters. The second-order valence-corrected chi connectivity index (χ2v) is 6.54. The Kier molecular flexibility index (Phi) is 4.67. The van der Waals surface area contributed by atoms with Gasteiger partial charge in [0.25, 0.3) is 11.5 Å². The van der Waals surface area contributed by atoms with Crippen LogP contribution in [0.1, 0.15) is 34.7 Å². The molecule has 7 nitrogen and oxygen atoms in total. The van der Waals surface area contributed by atoms with Gasteiger partial charge in [0, 0.05) is 26.2 Å². The van der Waals surface area contributed by atoms with Gasteiger partial charge >= 0.3 is 0 Å². The number of furan rings is 1. The fraction of sp³-hybridized carbons (Fsp3) is 0.353. The standard InChI is InChI=1S/C17H18ClN3O4/c1-9-3-4-15(25-9)12-7-21(8-14(12)20-10(2)22)17(24)11-5-13(18)16(23)19-6-11/h3-6,12,14H,7-8H2,1-2H3,(H,19,23)(H,20,22)/t12-,14-/m1/s1. The fourth-order valence-corrected chi connectivity index (χ4v) is 3.25. The van der Waals surface area contributed by atoms with Crippen LogP contribution in [0.4, 0.5) is 0 Å². The molecule has 0 aromatic carbocycles. The van der Waals surface area contributed by atoms with E-state index in [1.165, 1.54) is 19.2 Å². The molecule has 3 rings (SSSR count). The van der Waals surface area contributed by atoms with Crippen molar-refractivity contribution in [2.45, 2.75) is 25.8 Å². The topological polar surface area (TPSA) is 95.4 Å². The summed E-state index contributed by atoms with van der Waals surface area (Å²) in [6.45, 7) is 4.03. The SMILES string of the molecule is CC(=O)N[C@@H]1CN(C(=O)c2c[nH]c(=O)c(Cl)c2)C[C@H]1c1ccc(C)o1. The highest BCUT2D eigenvalue weighted by atomic mass is 35.5. The van der Waals surface area contributed by atoms with Crippen LogP contribution in [0.15, 0.2) is 33.6 Å². The molecule has 3 heterocycles. The van der Waals surface area contributed by atoms with E-state index in [0.29, 0.717) is 18.7 Å². The molecule has 0 aliphatic carbocycles. The lowest BCUT2D eigenvalue weighted by atomic mass is 10.0. The van der Waals surface area contributed by atoms with Crippen molar-refractivity contribution >= 4 is 23.4 Å². The molecule has 25 heavy (non-hydrogen) atoms. The minimum absolute atomic E-state index is 0.0401. The highest BCUT2D eigenvalue weighted by molar-refractivity contribution is 6.30. The van der Waals surface area contributed by atoms with Crippen LogP contribution in [0.3, 0.4) is 0 Å². The monoisotopic (exact) mass is 363 g/mol. The molecule has 0 spiro atoms. The van der Waals surface area contributed by atoms with E-state index in [1.807, 2.05) is 19.1 Å². The summed E-state index contributed by atoms with van der Waals surface area (Å²) in [5.41, 5.74) is -0.151.